The number of nitrogens with two attached hydrogens (primary N) is 1. The van der Waals surface area contributed by atoms with Crippen LogP contribution in [0.25, 0.3) is 11.1 Å². The lowest BCUT2D eigenvalue weighted by Crippen LogP contribution is -2.21. The summed E-state index contributed by atoms with van der Waals surface area (Å²) in [4.78, 5) is 10.8. The van der Waals surface area contributed by atoms with Gasteiger partial charge < -0.3 is 10.8 Å². The molecule has 0 heterocycles. The van der Waals surface area contributed by atoms with Crippen molar-refractivity contribution in [3.8, 4) is 11.1 Å². The minimum absolute atomic E-state index is 0.0364. The van der Waals surface area contributed by atoms with Gasteiger partial charge in [-0.15, -0.1) is 0 Å². The Kier molecular flexibility index (Phi) is 5.79. The van der Waals surface area contributed by atoms with Crippen LogP contribution in [-0.4, -0.2) is 11.1 Å². The Bertz CT molecular complexity index is 953. The summed E-state index contributed by atoms with van der Waals surface area (Å²) < 4.78 is 83.5. The Hall–Kier alpha value is -2.55. The second-order valence-corrected chi connectivity index (χ2v) is 6.52. The monoisotopic (exact) mass is 405 g/mol. The van der Waals surface area contributed by atoms with E-state index in [1.165, 1.54) is 20.8 Å². The summed E-state index contributed by atoms with van der Waals surface area (Å²) in [5.74, 6) is -5.52. The molecule has 2 rings (SSSR count). The number of aryl methyl sites for hydroxylation is 1. The van der Waals surface area contributed by atoms with Gasteiger partial charge in [-0.1, -0.05) is 0 Å². The van der Waals surface area contributed by atoms with Crippen LogP contribution in [0.1, 0.15) is 40.3 Å². The molecule has 0 saturated heterocycles. The van der Waals surface area contributed by atoms with Crippen molar-refractivity contribution in [3.05, 3.63) is 57.4 Å². The molecule has 0 aliphatic carbocycles. The van der Waals surface area contributed by atoms with Gasteiger partial charge in [-0.2, -0.15) is 13.2 Å². The summed E-state index contributed by atoms with van der Waals surface area (Å²) >= 11 is 0. The molecule has 0 bridgehead atoms. The molecule has 2 aromatic carbocycles. The maximum absolute atomic E-state index is 15.1. The van der Waals surface area contributed by atoms with Crippen LogP contribution in [0.15, 0.2) is 12.1 Å². The predicted octanol–water partition coefficient (Wildman–Crippen LogP) is 5.19. The second kappa shape index (κ2) is 7.46. The first-order valence-electron chi connectivity index (χ1n) is 8.10. The fraction of sp³-hybridized carbons (Fsp3) is 0.316. The maximum atomic E-state index is 15.1. The highest BCUT2D eigenvalue weighted by Crippen LogP contribution is 2.42. The Labute approximate surface area is 156 Å². The smallest absolute Gasteiger partial charge is 0.419 e. The van der Waals surface area contributed by atoms with Crippen molar-refractivity contribution < 1.29 is 36.2 Å². The molecule has 0 aliphatic heterocycles. The van der Waals surface area contributed by atoms with E-state index in [9.17, 15) is 26.7 Å². The lowest BCUT2D eigenvalue weighted by atomic mass is 9.88. The van der Waals surface area contributed by atoms with Crippen LogP contribution in [0.3, 0.4) is 0 Å². The van der Waals surface area contributed by atoms with Crippen LogP contribution in [0.5, 0.6) is 0 Å². The number of aliphatic carboxylic acids is 1. The fourth-order valence-electron chi connectivity index (χ4n) is 3.11. The summed E-state index contributed by atoms with van der Waals surface area (Å²) in [6.07, 6.45) is -6.16. The zero-order valence-corrected chi connectivity index (χ0v) is 15.1. The molecule has 152 valence electrons. The number of carboxylic acid groups (broad SMARTS) is 1. The molecule has 0 spiro atoms. The van der Waals surface area contributed by atoms with Crippen LogP contribution in [0, 0.1) is 38.2 Å². The van der Waals surface area contributed by atoms with E-state index < -0.39 is 58.8 Å². The van der Waals surface area contributed by atoms with E-state index in [1.54, 1.807) is 0 Å². The fourth-order valence-corrected chi connectivity index (χ4v) is 3.11. The van der Waals surface area contributed by atoms with Gasteiger partial charge in [0, 0.05) is 17.2 Å². The van der Waals surface area contributed by atoms with Gasteiger partial charge in [-0.3, -0.25) is 4.79 Å². The van der Waals surface area contributed by atoms with E-state index >= 15 is 4.39 Å². The molecule has 0 fully saturated rings. The third-order valence-corrected chi connectivity index (χ3v) is 4.61. The van der Waals surface area contributed by atoms with Crippen molar-refractivity contribution in [1.82, 2.24) is 0 Å². The molecule has 0 saturated carbocycles. The van der Waals surface area contributed by atoms with Gasteiger partial charge in [0.15, 0.2) is 0 Å². The molecule has 0 aliphatic rings. The topological polar surface area (TPSA) is 63.3 Å². The predicted molar refractivity (Wildman–Crippen MR) is 90.1 cm³/mol. The van der Waals surface area contributed by atoms with Gasteiger partial charge in [0.2, 0.25) is 0 Å². The Morgan fingerprint density at radius 2 is 1.64 bits per heavy atom. The van der Waals surface area contributed by atoms with Gasteiger partial charge in [0.1, 0.15) is 17.5 Å². The number of alkyl halides is 3. The molecule has 3 nitrogen and oxygen atoms in total. The quantitative estimate of drug-likeness (QED) is 0.689. The van der Waals surface area contributed by atoms with Crippen LogP contribution in [0.4, 0.5) is 26.3 Å². The maximum Gasteiger partial charge on any atom is 0.419 e. The highest BCUT2D eigenvalue weighted by molar-refractivity contribution is 5.75. The zero-order valence-electron chi connectivity index (χ0n) is 15.1. The molecule has 28 heavy (non-hydrogen) atoms. The molecule has 0 aromatic heterocycles. The van der Waals surface area contributed by atoms with E-state index in [4.69, 9.17) is 10.8 Å². The van der Waals surface area contributed by atoms with Gasteiger partial charge in [-0.05, 0) is 55.2 Å². The number of carboxylic acids is 1. The van der Waals surface area contributed by atoms with Crippen molar-refractivity contribution >= 4 is 5.97 Å². The molecule has 2 aromatic rings. The first-order chi connectivity index (χ1) is 12.8. The highest BCUT2D eigenvalue weighted by atomic mass is 19.4. The van der Waals surface area contributed by atoms with Gasteiger partial charge in [0.25, 0.3) is 0 Å². The minimum atomic E-state index is -5.18. The van der Waals surface area contributed by atoms with Gasteiger partial charge >= 0.3 is 12.1 Å². The molecule has 1 atom stereocenters. The van der Waals surface area contributed by atoms with Crippen molar-refractivity contribution in [2.24, 2.45) is 5.73 Å². The summed E-state index contributed by atoms with van der Waals surface area (Å²) in [5, 5.41) is 8.81. The van der Waals surface area contributed by atoms with E-state index in [2.05, 4.69) is 0 Å². The molecule has 0 unspecified atom stereocenters. The van der Waals surface area contributed by atoms with Crippen molar-refractivity contribution in [3.63, 3.8) is 0 Å². The van der Waals surface area contributed by atoms with Gasteiger partial charge in [-0.25, -0.2) is 13.2 Å². The molecular weight excluding hydrogens is 388 g/mol. The SMILES string of the molecule is Cc1cc(F)c(C)c(C)c1-c1cc(C(F)(F)F)c(F)c([C@@H](N)CC(=O)O)c1F. The Morgan fingerprint density at radius 3 is 2.14 bits per heavy atom. The normalized spacial score (nSPS) is 12.9. The number of rotatable bonds is 4. The van der Waals surface area contributed by atoms with Crippen molar-refractivity contribution in [2.75, 3.05) is 0 Å². The average Bonchev–Trinajstić information content (AvgIpc) is 2.53. The zero-order chi connectivity index (χ0) is 21.5. The van der Waals surface area contributed by atoms with Crippen LogP contribution in [0.2, 0.25) is 0 Å². The summed E-state index contributed by atoms with van der Waals surface area (Å²) in [6, 6.07) is -0.514. The summed E-state index contributed by atoms with van der Waals surface area (Å²) in [7, 11) is 0. The van der Waals surface area contributed by atoms with Crippen LogP contribution in [-0.2, 0) is 11.0 Å². The number of hydrogen-bond acceptors (Lipinski definition) is 2. The molecule has 0 radical (unpaired) electrons. The third-order valence-electron chi connectivity index (χ3n) is 4.61. The van der Waals surface area contributed by atoms with Crippen LogP contribution >= 0.6 is 0 Å². The Morgan fingerprint density at radius 1 is 1.07 bits per heavy atom. The molecular formula is C19H17F6NO2. The summed E-state index contributed by atoms with van der Waals surface area (Å²) in [5.41, 5.74) is 2.29. The first-order valence-corrected chi connectivity index (χ1v) is 8.10. The minimum Gasteiger partial charge on any atom is -0.481 e. The van der Waals surface area contributed by atoms with E-state index in [1.807, 2.05) is 0 Å². The standard InChI is InChI=1S/C19H17F6NO2/c1-7-4-12(20)8(2)9(3)15(7)10-5-11(19(23,24)25)18(22)16(17(10)21)13(26)6-14(27)28/h4-5,13H,6,26H2,1-3H3,(H,27,28)/t13-/m0/s1. The molecule has 9 heteroatoms. The Balaban J connectivity index is 2.94. The van der Waals surface area contributed by atoms with Crippen LogP contribution < -0.4 is 5.73 Å². The summed E-state index contributed by atoms with van der Waals surface area (Å²) in [6.45, 7) is 4.14. The van der Waals surface area contributed by atoms with Gasteiger partial charge in [0.05, 0.1) is 12.0 Å². The number of carbonyl (C=O) groups is 1. The second-order valence-electron chi connectivity index (χ2n) is 6.52. The largest absolute Gasteiger partial charge is 0.481 e. The number of hydrogen-bond donors (Lipinski definition) is 2. The molecule has 0 amide bonds. The highest BCUT2D eigenvalue weighted by Gasteiger charge is 2.39. The lowest BCUT2D eigenvalue weighted by Gasteiger charge is -2.21. The van der Waals surface area contributed by atoms with E-state index in [0.717, 1.165) is 6.07 Å². The van der Waals surface area contributed by atoms with Crippen molar-refractivity contribution in [1.29, 1.82) is 0 Å². The number of halogens is 6. The van der Waals surface area contributed by atoms with E-state index in [-0.39, 0.29) is 22.3 Å². The number of benzene rings is 2. The first kappa shape index (κ1) is 21.7. The van der Waals surface area contributed by atoms with Crippen molar-refractivity contribution in [2.45, 2.75) is 39.4 Å². The van der Waals surface area contributed by atoms with E-state index in [0.29, 0.717) is 6.07 Å². The molecule has 3 N–H and O–H groups in total. The lowest BCUT2D eigenvalue weighted by molar-refractivity contribution is -0.140. The third kappa shape index (κ3) is 3.84. The average molecular weight is 405 g/mol.